The van der Waals surface area contributed by atoms with Crippen LogP contribution in [0.2, 0.25) is 5.15 Å². The molecule has 4 heterocycles. The second kappa shape index (κ2) is 8.93. The van der Waals surface area contributed by atoms with Crippen molar-refractivity contribution in [2.45, 2.75) is 26.1 Å². The summed E-state index contributed by atoms with van der Waals surface area (Å²) in [6.45, 7) is 2.80. The quantitative estimate of drug-likeness (QED) is 0.292. The van der Waals surface area contributed by atoms with E-state index in [0.717, 1.165) is 24.3 Å². The largest absolute Gasteiger partial charge is 0.476 e. The van der Waals surface area contributed by atoms with Gasteiger partial charge in [-0.3, -0.25) is 14.9 Å². The van der Waals surface area contributed by atoms with Gasteiger partial charge >= 0.3 is 5.69 Å². The van der Waals surface area contributed by atoms with Crippen molar-refractivity contribution in [2.24, 2.45) is 0 Å². The van der Waals surface area contributed by atoms with Gasteiger partial charge in [-0.05, 0) is 13.3 Å². The maximum absolute atomic E-state index is 12.7. The zero-order chi connectivity index (χ0) is 22.8. The molecule has 3 aromatic rings. The first-order valence-electron chi connectivity index (χ1n) is 9.76. The Labute approximate surface area is 187 Å². The molecule has 4 rings (SSSR count). The summed E-state index contributed by atoms with van der Waals surface area (Å²) >= 11 is 6.26. The van der Waals surface area contributed by atoms with E-state index in [0.29, 0.717) is 21.9 Å². The number of fused-ring (bicyclic) bond motifs is 3. The Hall–Kier alpha value is -3.51. The van der Waals surface area contributed by atoms with Gasteiger partial charge in [-0.15, -0.1) is 0 Å². The number of carbonyl (C=O) groups excluding carboxylic acids is 1. The van der Waals surface area contributed by atoms with Gasteiger partial charge in [0.2, 0.25) is 0 Å². The molecule has 0 saturated carbocycles. The van der Waals surface area contributed by atoms with E-state index < -0.39 is 4.92 Å². The number of nitrogens with one attached hydrogen (secondary N) is 2. The summed E-state index contributed by atoms with van der Waals surface area (Å²) in [5.41, 5.74) is 1.81. The van der Waals surface area contributed by atoms with Gasteiger partial charge < -0.3 is 20.1 Å². The van der Waals surface area contributed by atoms with E-state index in [1.54, 1.807) is 11.4 Å². The third-order valence-corrected chi connectivity index (χ3v) is 5.28. The lowest BCUT2D eigenvalue weighted by Gasteiger charge is -2.14. The lowest BCUT2D eigenvalue weighted by atomic mass is 10.2. The number of hydrogen-bond donors (Lipinski definition) is 2. The highest BCUT2D eigenvalue weighted by molar-refractivity contribution is 6.30. The Morgan fingerprint density at radius 2 is 2.28 bits per heavy atom. The first kappa shape index (κ1) is 21.7. The number of nitrogens with zero attached hydrogens (tertiary/aromatic N) is 5. The lowest BCUT2D eigenvalue weighted by molar-refractivity contribution is -0.386. The number of hydrogen-bond acceptors (Lipinski definition) is 9. The highest BCUT2D eigenvalue weighted by atomic mass is 35.5. The molecule has 1 atom stereocenters. The molecule has 1 unspecified atom stereocenters. The summed E-state index contributed by atoms with van der Waals surface area (Å²) in [7, 11) is 1.31. The monoisotopic (exact) mass is 461 g/mol. The average molecular weight is 462 g/mol. The van der Waals surface area contributed by atoms with Crippen LogP contribution in [-0.4, -0.2) is 56.7 Å². The first-order valence-corrected chi connectivity index (χ1v) is 10.1. The van der Waals surface area contributed by atoms with Crippen LogP contribution in [0.5, 0.6) is 5.88 Å². The zero-order valence-electron chi connectivity index (χ0n) is 17.3. The molecule has 13 heteroatoms. The van der Waals surface area contributed by atoms with Crippen molar-refractivity contribution in [1.29, 1.82) is 0 Å². The number of halogens is 1. The summed E-state index contributed by atoms with van der Waals surface area (Å²) in [6, 6.07) is 1.35. The van der Waals surface area contributed by atoms with Crippen LogP contribution in [0.1, 0.15) is 28.4 Å². The van der Waals surface area contributed by atoms with Crippen molar-refractivity contribution in [3.05, 3.63) is 50.4 Å². The van der Waals surface area contributed by atoms with Crippen LogP contribution in [0.3, 0.4) is 0 Å². The lowest BCUT2D eigenvalue weighted by Crippen LogP contribution is -2.32. The van der Waals surface area contributed by atoms with Gasteiger partial charge in [0.25, 0.3) is 11.8 Å². The molecule has 0 spiro atoms. The minimum absolute atomic E-state index is 0.0676. The third kappa shape index (κ3) is 4.14. The molecule has 0 aromatic carbocycles. The fourth-order valence-corrected chi connectivity index (χ4v) is 3.61. The van der Waals surface area contributed by atoms with Gasteiger partial charge in [-0.25, -0.2) is 9.97 Å². The minimum Gasteiger partial charge on any atom is -0.476 e. The zero-order valence-corrected chi connectivity index (χ0v) is 18.0. The molecule has 3 aromatic heterocycles. The Kier molecular flexibility index (Phi) is 6.06. The van der Waals surface area contributed by atoms with Gasteiger partial charge in [-0.2, -0.15) is 9.61 Å². The highest BCUT2D eigenvalue weighted by Crippen LogP contribution is 2.29. The van der Waals surface area contributed by atoms with Crippen molar-refractivity contribution in [1.82, 2.24) is 24.9 Å². The van der Waals surface area contributed by atoms with Gasteiger partial charge in [-0.1, -0.05) is 11.6 Å². The molecule has 1 aliphatic rings. The number of aromatic nitrogens is 4. The van der Waals surface area contributed by atoms with Crippen LogP contribution in [0.15, 0.2) is 18.5 Å². The molecular weight excluding hydrogens is 442 g/mol. The Balaban J connectivity index is 1.37. The Morgan fingerprint density at radius 1 is 1.47 bits per heavy atom. The molecule has 0 saturated heterocycles. The van der Waals surface area contributed by atoms with Crippen molar-refractivity contribution in [3.8, 4) is 5.88 Å². The third-order valence-electron chi connectivity index (χ3n) is 4.97. The number of nitro groups is 1. The van der Waals surface area contributed by atoms with E-state index in [9.17, 15) is 14.9 Å². The van der Waals surface area contributed by atoms with E-state index in [1.807, 2.05) is 0 Å². The van der Waals surface area contributed by atoms with Gasteiger partial charge in [0.1, 0.15) is 16.5 Å². The molecule has 168 valence electrons. The maximum Gasteiger partial charge on any atom is 0.331 e. The predicted octanol–water partition coefficient (Wildman–Crippen LogP) is 2.00. The summed E-state index contributed by atoms with van der Waals surface area (Å²) in [5, 5.41) is 21.7. The Bertz CT molecular complexity index is 1200. The van der Waals surface area contributed by atoms with E-state index in [4.69, 9.17) is 21.1 Å². The molecule has 0 bridgehead atoms. The van der Waals surface area contributed by atoms with Crippen LogP contribution in [0, 0.1) is 10.1 Å². The van der Waals surface area contributed by atoms with E-state index in [1.165, 1.54) is 25.6 Å². The van der Waals surface area contributed by atoms with Gasteiger partial charge in [0.05, 0.1) is 30.9 Å². The normalized spacial score (nSPS) is 13.5. The molecule has 0 aliphatic carbocycles. The Morgan fingerprint density at radius 3 is 3.03 bits per heavy atom. The second-order valence-electron chi connectivity index (χ2n) is 7.16. The standard InChI is InChI=1S/C19H20ClN7O5/c1-10(32-9-11-5-14(27(29)30)19(31-2)23-7-11)6-22-18(28)13-8-24-26-16-12(3-4-21-16)15(20)25-17(13)26/h5,7-8,10,21H,3-4,6,9H2,1-2H3,(H,22,28). The molecular formula is C19H20ClN7O5. The van der Waals surface area contributed by atoms with Crippen molar-refractivity contribution in [3.63, 3.8) is 0 Å². The maximum atomic E-state index is 12.7. The predicted molar refractivity (Wildman–Crippen MR) is 114 cm³/mol. The first-order chi connectivity index (χ1) is 15.4. The molecule has 2 N–H and O–H groups in total. The summed E-state index contributed by atoms with van der Waals surface area (Å²) in [6.07, 6.45) is 3.27. The number of rotatable bonds is 8. The fraction of sp³-hybridized carbons (Fsp3) is 0.368. The molecule has 32 heavy (non-hydrogen) atoms. The average Bonchev–Trinajstić information content (AvgIpc) is 3.43. The van der Waals surface area contributed by atoms with E-state index >= 15 is 0 Å². The number of ether oxygens (including phenoxy) is 2. The van der Waals surface area contributed by atoms with Crippen LogP contribution in [-0.2, 0) is 17.8 Å². The van der Waals surface area contributed by atoms with Crippen LogP contribution in [0.25, 0.3) is 5.65 Å². The van der Waals surface area contributed by atoms with Gasteiger partial charge in [0, 0.05) is 36.5 Å². The van der Waals surface area contributed by atoms with Crippen molar-refractivity contribution in [2.75, 3.05) is 25.5 Å². The van der Waals surface area contributed by atoms with Gasteiger partial charge in [0.15, 0.2) is 5.65 Å². The number of pyridine rings is 1. The SMILES string of the molecule is COc1ncc(COC(C)CNC(=O)c2cnn3c4c(c(Cl)nc23)CCN4)cc1[N+](=O)[O-]. The van der Waals surface area contributed by atoms with Crippen molar-refractivity contribution < 1.29 is 19.2 Å². The molecule has 1 amide bonds. The summed E-state index contributed by atoms with van der Waals surface area (Å²) in [4.78, 5) is 31.5. The van der Waals surface area contributed by atoms with Crippen LogP contribution < -0.4 is 15.4 Å². The molecule has 0 radical (unpaired) electrons. The van der Waals surface area contributed by atoms with Crippen LogP contribution >= 0.6 is 11.6 Å². The number of methoxy groups -OCH3 is 1. The fourth-order valence-electron chi connectivity index (χ4n) is 3.35. The molecule has 0 fully saturated rings. The smallest absolute Gasteiger partial charge is 0.331 e. The minimum atomic E-state index is -0.569. The summed E-state index contributed by atoms with van der Waals surface area (Å²) < 4.78 is 12.1. The number of carbonyl (C=O) groups is 1. The van der Waals surface area contributed by atoms with E-state index in [2.05, 4.69) is 25.7 Å². The second-order valence-corrected chi connectivity index (χ2v) is 7.52. The molecule has 1 aliphatic heterocycles. The molecule has 12 nitrogen and oxygen atoms in total. The highest BCUT2D eigenvalue weighted by Gasteiger charge is 2.23. The van der Waals surface area contributed by atoms with E-state index in [-0.39, 0.29) is 36.7 Å². The topological polar surface area (TPSA) is 146 Å². The summed E-state index contributed by atoms with van der Waals surface area (Å²) in [5.74, 6) is 0.318. The van der Waals surface area contributed by atoms with Crippen LogP contribution in [0.4, 0.5) is 11.5 Å². The number of anilines is 1. The van der Waals surface area contributed by atoms with Crippen molar-refractivity contribution >= 4 is 34.7 Å². The number of amides is 1.